The lowest BCUT2D eigenvalue weighted by Crippen LogP contribution is -2.27. The quantitative estimate of drug-likeness (QED) is 0.861. The third-order valence-electron chi connectivity index (χ3n) is 3.28. The average Bonchev–Trinajstić information content (AvgIpc) is 3.06. The molecule has 108 valence electrons. The maximum Gasteiger partial charge on any atom is 0.329 e. The Morgan fingerprint density at radius 3 is 2.62 bits per heavy atom. The molecule has 3 rings (SSSR count). The molecule has 0 bridgehead atoms. The fourth-order valence-electron chi connectivity index (χ4n) is 2.30. The Hall–Kier alpha value is -2.70. The van der Waals surface area contributed by atoms with E-state index < -0.39 is 0 Å². The van der Waals surface area contributed by atoms with E-state index in [1.54, 1.807) is 12.1 Å². The van der Waals surface area contributed by atoms with Gasteiger partial charge < -0.3 is 0 Å². The molecule has 2 heterocycles. The molecule has 7 nitrogen and oxygen atoms in total. The van der Waals surface area contributed by atoms with Crippen molar-refractivity contribution < 1.29 is 9.59 Å². The van der Waals surface area contributed by atoms with Crippen LogP contribution in [0.4, 0.5) is 10.5 Å². The van der Waals surface area contributed by atoms with Crippen LogP contribution in [0, 0.1) is 0 Å². The number of nitrogens with zero attached hydrogens (tertiary/aromatic N) is 4. The first-order valence-corrected chi connectivity index (χ1v) is 6.78. The number of anilines is 1. The lowest BCUT2D eigenvalue weighted by atomic mass is 10.2. The number of amides is 3. The van der Waals surface area contributed by atoms with Crippen LogP contribution in [0.25, 0.3) is 11.4 Å². The predicted octanol–water partition coefficient (Wildman–Crippen LogP) is 1.41. The summed E-state index contributed by atoms with van der Waals surface area (Å²) in [5, 5.41) is 6.45. The number of aryl methyl sites for hydroxylation is 1. The van der Waals surface area contributed by atoms with E-state index in [1.807, 2.05) is 16.8 Å². The molecule has 1 aromatic heterocycles. The Bertz CT molecular complexity index is 677. The minimum atomic E-state index is -0.387. The standard InChI is InChI=1S/C14H15N5O2/c1-2-7-19-13(15-9-16-19)10-3-5-11(6-4-10)18-8-12(20)17-14(18)21/h3-6,9H,2,7-8H2,1H3,(H,17,20,21). The minimum absolute atomic E-state index is 0.0597. The fourth-order valence-corrected chi connectivity index (χ4v) is 2.30. The molecular formula is C14H15N5O2. The van der Waals surface area contributed by atoms with Crippen LogP contribution in [0.2, 0.25) is 0 Å². The molecule has 2 aromatic rings. The number of hydrogen-bond acceptors (Lipinski definition) is 4. The number of aromatic nitrogens is 3. The second kappa shape index (κ2) is 5.35. The average molecular weight is 285 g/mol. The number of rotatable bonds is 4. The van der Waals surface area contributed by atoms with Crippen molar-refractivity contribution in [3.63, 3.8) is 0 Å². The topological polar surface area (TPSA) is 80.1 Å². The van der Waals surface area contributed by atoms with Crippen molar-refractivity contribution in [2.75, 3.05) is 11.4 Å². The van der Waals surface area contributed by atoms with Gasteiger partial charge >= 0.3 is 6.03 Å². The first-order chi connectivity index (χ1) is 10.2. The van der Waals surface area contributed by atoms with Crippen LogP contribution in [0.5, 0.6) is 0 Å². The zero-order valence-electron chi connectivity index (χ0n) is 11.6. The smallest absolute Gasteiger partial charge is 0.285 e. The van der Waals surface area contributed by atoms with Gasteiger partial charge in [0, 0.05) is 17.8 Å². The van der Waals surface area contributed by atoms with Crippen molar-refractivity contribution in [2.24, 2.45) is 0 Å². The Balaban J connectivity index is 1.85. The SMILES string of the molecule is CCCn1ncnc1-c1ccc(N2CC(=O)NC2=O)cc1. The first-order valence-electron chi connectivity index (χ1n) is 6.78. The molecule has 1 aliphatic rings. The number of hydrogen-bond donors (Lipinski definition) is 1. The normalized spacial score (nSPS) is 14.6. The monoisotopic (exact) mass is 285 g/mol. The Labute approximate surface area is 121 Å². The summed E-state index contributed by atoms with van der Waals surface area (Å²) in [6.07, 6.45) is 2.51. The van der Waals surface area contributed by atoms with Gasteiger partial charge in [-0.05, 0) is 30.7 Å². The van der Waals surface area contributed by atoms with E-state index in [-0.39, 0.29) is 18.5 Å². The maximum absolute atomic E-state index is 11.6. The lowest BCUT2D eigenvalue weighted by Gasteiger charge is -2.13. The summed E-state index contributed by atoms with van der Waals surface area (Å²) >= 11 is 0. The highest BCUT2D eigenvalue weighted by atomic mass is 16.2. The van der Waals surface area contributed by atoms with E-state index in [0.29, 0.717) is 5.69 Å². The molecule has 0 saturated carbocycles. The zero-order chi connectivity index (χ0) is 14.8. The number of carbonyl (C=O) groups is 2. The van der Waals surface area contributed by atoms with E-state index in [0.717, 1.165) is 24.4 Å². The van der Waals surface area contributed by atoms with Gasteiger partial charge in [0.05, 0.1) is 0 Å². The van der Waals surface area contributed by atoms with Gasteiger partial charge in [-0.1, -0.05) is 6.92 Å². The van der Waals surface area contributed by atoms with Crippen molar-refractivity contribution in [1.29, 1.82) is 0 Å². The van der Waals surface area contributed by atoms with Crippen LogP contribution in [-0.4, -0.2) is 33.2 Å². The molecule has 0 spiro atoms. The van der Waals surface area contributed by atoms with Crippen LogP contribution >= 0.6 is 0 Å². The minimum Gasteiger partial charge on any atom is -0.285 e. The van der Waals surface area contributed by atoms with Crippen molar-refractivity contribution in [2.45, 2.75) is 19.9 Å². The molecular weight excluding hydrogens is 270 g/mol. The second-order valence-electron chi connectivity index (χ2n) is 4.79. The van der Waals surface area contributed by atoms with Crippen LogP contribution in [0.15, 0.2) is 30.6 Å². The van der Waals surface area contributed by atoms with E-state index in [9.17, 15) is 9.59 Å². The van der Waals surface area contributed by atoms with Crippen molar-refractivity contribution in [3.05, 3.63) is 30.6 Å². The van der Waals surface area contributed by atoms with Gasteiger partial charge in [-0.15, -0.1) is 0 Å². The van der Waals surface area contributed by atoms with Gasteiger partial charge in [-0.3, -0.25) is 15.0 Å². The molecule has 1 aliphatic heterocycles. The van der Waals surface area contributed by atoms with Gasteiger partial charge in [0.15, 0.2) is 5.82 Å². The number of urea groups is 1. The molecule has 0 unspecified atom stereocenters. The van der Waals surface area contributed by atoms with Gasteiger partial charge in [0.1, 0.15) is 12.9 Å². The molecule has 1 fully saturated rings. The van der Waals surface area contributed by atoms with Gasteiger partial charge in [0.2, 0.25) is 5.91 Å². The molecule has 7 heteroatoms. The zero-order valence-corrected chi connectivity index (χ0v) is 11.6. The highest BCUT2D eigenvalue weighted by Gasteiger charge is 2.27. The molecule has 0 aliphatic carbocycles. The highest BCUT2D eigenvalue weighted by molar-refractivity contribution is 6.12. The summed E-state index contributed by atoms with van der Waals surface area (Å²) in [5.74, 6) is 0.511. The van der Waals surface area contributed by atoms with Crippen LogP contribution < -0.4 is 10.2 Å². The Kier molecular flexibility index (Phi) is 3.39. The number of imide groups is 1. The summed E-state index contributed by atoms with van der Waals surface area (Å²) in [6, 6.07) is 6.97. The molecule has 1 aromatic carbocycles. The maximum atomic E-state index is 11.6. The summed E-state index contributed by atoms with van der Waals surface area (Å²) in [6.45, 7) is 2.95. The third-order valence-corrected chi connectivity index (χ3v) is 3.28. The van der Waals surface area contributed by atoms with Crippen LogP contribution in [-0.2, 0) is 11.3 Å². The van der Waals surface area contributed by atoms with E-state index >= 15 is 0 Å². The fraction of sp³-hybridized carbons (Fsp3) is 0.286. The van der Waals surface area contributed by atoms with E-state index in [4.69, 9.17) is 0 Å². The van der Waals surface area contributed by atoms with Gasteiger partial charge in [-0.2, -0.15) is 5.10 Å². The van der Waals surface area contributed by atoms with Crippen molar-refractivity contribution in [1.82, 2.24) is 20.1 Å². The highest BCUT2D eigenvalue weighted by Crippen LogP contribution is 2.22. The summed E-state index contributed by atoms with van der Waals surface area (Å²) < 4.78 is 1.85. The summed E-state index contributed by atoms with van der Waals surface area (Å²) in [7, 11) is 0. The van der Waals surface area contributed by atoms with Crippen molar-refractivity contribution in [3.8, 4) is 11.4 Å². The molecule has 0 atom stereocenters. The lowest BCUT2D eigenvalue weighted by molar-refractivity contribution is -0.117. The molecule has 3 amide bonds. The third kappa shape index (κ3) is 2.49. The molecule has 1 N–H and O–H groups in total. The second-order valence-corrected chi connectivity index (χ2v) is 4.79. The Morgan fingerprint density at radius 2 is 2.00 bits per heavy atom. The first kappa shape index (κ1) is 13.3. The molecule has 1 saturated heterocycles. The molecule has 21 heavy (non-hydrogen) atoms. The number of nitrogens with one attached hydrogen (secondary N) is 1. The van der Waals surface area contributed by atoms with E-state index in [2.05, 4.69) is 22.3 Å². The summed E-state index contributed by atoms with van der Waals surface area (Å²) in [5.41, 5.74) is 1.61. The van der Waals surface area contributed by atoms with Gasteiger partial charge in [-0.25, -0.2) is 14.5 Å². The largest absolute Gasteiger partial charge is 0.329 e. The van der Waals surface area contributed by atoms with Crippen molar-refractivity contribution >= 4 is 17.6 Å². The number of benzene rings is 1. The van der Waals surface area contributed by atoms with Crippen LogP contribution in [0.3, 0.4) is 0 Å². The van der Waals surface area contributed by atoms with Gasteiger partial charge in [0.25, 0.3) is 0 Å². The number of carbonyl (C=O) groups excluding carboxylic acids is 2. The van der Waals surface area contributed by atoms with E-state index in [1.165, 1.54) is 11.2 Å². The Morgan fingerprint density at radius 1 is 1.24 bits per heavy atom. The summed E-state index contributed by atoms with van der Waals surface area (Å²) in [4.78, 5) is 28.5. The predicted molar refractivity (Wildman–Crippen MR) is 76.6 cm³/mol. The van der Waals surface area contributed by atoms with Crippen LogP contribution in [0.1, 0.15) is 13.3 Å². The molecule has 0 radical (unpaired) electrons.